The average Bonchev–Trinajstić information content (AvgIpc) is 3.14. The normalized spacial score (nSPS) is 15.2. The quantitative estimate of drug-likeness (QED) is 0.705. The van der Waals surface area contributed by atoms with E-state index >= 15 is 0 Å². The minimum absolute atomic E-state index is 0.481. The minimum atomic E-state index is 0.481. The van der Waals surface area contributed by atoms with Crippen molar-refractivity contribution in [3.63, 3.8) is 0 Å². The van der Waals surface area contributed by atoms with E-state index in [1.54, 1.807) is 18.6 Å². The molecular formula is C19H21ClN6. The first-order valence-electron chi connectivity index (χ1n) is 8.95. The van der Waals surface area contributed by atoms with Gasteiger partial charge in [-0.15, -0.1) is 0 Å². The molecule has 0 saturated heterocycles. The second kappa shape index (κ2) is 7.41. The number of hydrogen-bond acceptors (Lipinski definition) is 5. The van der Waals surface area contributed by atoms with Crippen LogP contribution in [0.15, 0.2) is 37.1 Å². The number of anilines is 2. The Morgan fingerprint density at radius 3 is 2.77 bits per heavy atom. The summed E-state index contributed by atoms with van der Waals surface area (Å²) in [5.41, 5.74) is 3.51. The molecule has 0 amide bonds. The first kappa shape index (κ1) is 17.0. The lowest BCUT2D eigenvalue weighted by Gasteiger charge is -2.21. The molecular weight excluding hydrogens is 348 g/mol. The average molecular weight is 369 g/mol. The lowest BCUT2D eigenvalue weighted by molar-refractivity contribution is 0.329. The van der Waals surface area contributed by atoms with E-state index in [1.807, 2.05) is 25.4 Å². The van der Waals surface area contributed by atoms with Gasteiger partial charge in [-0.1, -0.05) is 30.9 Å². The Morgan fingerprint density at radius 1 is 1.12 bits per heavy atom. The van der Waals surface area contributed by atoms with Gasteiger partial charge in [0.2, 0.25) is 5.95 Å². The predicted molar refractivity (Wildman–Crippen MR) is 103 cm³/mol. The Morgan fingerprint density at radius 2 is 1.96 bits per heavy atom. The zero-order chi connectivity index (χ0) is 17.9. The van der Waals surface area contributed by atoms with Crippen molar-refractivity contribution in [3.05, 3.63) is 47.6 Å². The van der Waals surface area contributed by atoms with Crippen LogP contribution < -0.4 is 5.32 Å². The van der Waals surface area contributed by atoms with E-state index in [2.05, 4.69) is 30.0 Å². The van der Waals surface area contributed by atoms with Crippen molar-refractivity contribution in [2.75, 3.05) is 5.32 Å². The molecule has 3 aromatic rings. The topological polar surface area (TPSA) is 68.5 Å². The van der Waals surface area contributed by atoms with Crippen LogP contribution in [-0.4, -0.2) is 24.7 Å². The fourth-order valence-corrected chi connectivity index (χ4v) is 3.59. The highest BCUT2D eigenvalue weighted by atomic mass is 35.5. The molecule has 3 aromatic heterocycles. The van der Waals surface area contributed by atoms with Gasteiger partial charge in [-0.3, -0.25) is 9.67 Å². The number of pyridine rings is 1. The second-order valence-electron chi connectivity index (χ2n) is 6.77. The van der Waals surface area contributed by atoms with E-state index in [4.69, 9.17) is 11.6 Å². The molecule has 6 nitrogen and oxygen atoms in total. The van der Waals surface area contributed by atoms with Crippen molar-refractivity contribution in [3.8, 4) is 11.3 Å². The molecule has 0 spiro atoms. The van der Waals surface area contributed by atoms with E-state index in [-0.39, 0.29) is 0 Å². The Labute approximate surface area is 157 Å². The third-order valence-corrected chi connectivity index (χ3v) is 4.98. The van der Waals surface area contributed by atoms with E-state index in [0.717, 1.165) is 16.8 Å². The summed E-state index contributed by atoms with van der Waals surface area (Å²) >= 11 is 6.35. The smallest absolute Gasteiger partial charge is 0.227 e. The summed E-state index contributed by atoms with van der Waals surface area (Å²) in [6, 6.07) is 2.47. The van der Waals surface area contributed by atoms with E-state index in [1.165, 1.54) is 32.1 Å². The molecule has 134 valence electrons. The fraction of sp³-hybridized carbons (Fsp3) is 0.368. The Balaban J connectivity index is 1.59. The van der Waals surface area contributed by atoms with Gasteiger partial charge in [0, 0.05) is 18.0 Å². The first-order valence-corrected chi connectivity index (χ1v) is 9.32. The molecule has 0 atom stereocenters. The number of aryl methyl sites for hydroxylation is 1. The van der Waals surface area contributed by atoms with Crippen LogP contribution in [0.4, 0.5) is 11.6 Å². The Kier molecular flexibility index (Phi) is 4.84. The van der Waals surface area contributed by atoms with Gasteiger partial charge in [-0.2, -0.15) is 5.10 Å². The zero-order valence-electron chi connectivity index (χ0n) is 14.7. The summed E-state index contributed by atoms with van der Waals surface area (Å²) in [5.74, 6) is 0.488. The van der Waals surface area contributed by atoms with Gasteiger partial charge in [0.1, 0.15) is 0 Å². The molecule has 4 rings (SSSR count). The van der Waals surface area contributed by atoms with Gasteiger partial charge < -0.3 is 5.32 Å². The van der Waals surface area contributed by atoms with Crippen LogP contribution in [0.2, 0.25) is 5.02 Å². The standard InChI is InChI=1S/C19H21ClN6/c1-13-7-15(10-21-8-13)24-19-22-11-17(20)18(25-19)14-9-23-26(12-14)16-5-3-2-4-6-16/h7-12,16H,2-6H2,1H3,(H,22,24,25). The lowest BCUT2D eigenvalue weighted by atomic mass is 9.96. The summed E-state index contributed by atoms with van der Waals surface area (Å²) in [5, 5.41) is 8.25. The maximum Gasteiger partial charge on any atom is 0.227 e. The van der Waals surface area contributed by atoms with Gasteiger partial charge >= 0.3 is 0 Å². The van der Waals surface area contributed by atoms with E-state index < -0.39 is 0 Å². The predicted octanol–water partition coefficient (Wildman–Crippen LogP) is 4.95. The third kappa shape index (κ3) is 3.70. The summed E-state index contributed by atoms with van der Waals surface area (Å²) in [6.07, 6.45) is 15.3. The zero-order valence-corrected chi connectivity index (χ0v) is 15.4. The largest absolute Gasteiger partial charge is 0.323 e. The van der Waals surface area contributed by atoms with Crippen LogP contribution in [0.3, 0.4) is 0 Å². The molecule has 1 aliphatic rings. The van der Waals surface area contributed by atoms with E-state index in [9.17, 15) is 0 Å². The van der Waals surface area contributed by atoms with Crippen molar-refractivity contribution in [1.29, 1.82) is 0 Å². The van der Waals surface area contributed by atoms with Crippen LogP contribution in [0.25, 0.3) is 11.3 Å². The van der Waals surface area contributed by atoms with Gasteiger partial charge in [0.05, 0.1) is 41.0 Å². The third-order valence-electron chi connectivity index (χ3n) is 4.70. The number of halogens is 1. The van der Waals surface area contributed by atoms with Crippen LogP contribution in [0.5, 0.6) is 0 Å². The van der Waals surface area contributed by atoms with E-state index in [0.29, 0.717) is 22.7 Å². The van der Waals surface area contributed by atoms with Crippen LogP contribution in [0.1, 0.15) is 43.7 Å². The monoisotopic (exact) mass is 368 g/mol. The molecule has 0 unspecified atom stereocenters. The van der Waals surface area contributed by atoms with Gasteiger partial charge in [-0.05, 0) is 31.4 Å². The molecule has 0 aromatic carbocycles. The molecule has 1 fully saturated rings. The molecule has 0 radical (unpaired) electrons. The molecule has 1 saturated carbocycles. The molecule has 3 heterocycles. The number of rotatable bonds is 4. The molecule has 0 aliphatic heterocycles. The summed E-state index contributed by atoms with van der Waals surface area (Å²) in [4.78, 5) is 13.0. The van der Waals surface area contributed by atoms with Crippen LogP contribution >= 0.6 is 11.6 Å². The summed E-state index contributed by atoms with van der Waals surface area (Å²) in [7, 11) is 0. The van der Waals surface area contributed by atoms with Gasteiger partial charge in [0.25, 0.3) is 0 Å². The molecule has 7 heteroatoms. The lowest BCUT2D eigenvalue weighted by Crippen LogP contribution is -2.12. The van der Waals surface area contributed by atoms with Crippen molar-refractivity contribution < 1.29 is 0 Å². The Hall–Kier alpha value is -2.47. The van der Waals surface area contributed by atoms with Crippen molar-refractivity contribution in [2.24, 2.45) is 0 Å². The second-order valence-corrected chi connectivity index (χ2v) is 7.17. The maximum atomic E-state index is 6.35. The number of aromatic nitrogens is 5. The molecule has 1 aliphatic carbocycles. The summed E-state index contributed by atoms with van der Waals surface area (Å²) < 4.78 is 2.06. The Bertz CT molecular complexity index is 901. The molecule has 26 heavy (non-hydrogen) atoms. The number of nitrogens with zero attached hydrogens (tertiary/aromatic N) is 5. The van der Waals surface area contributed by atoms with Crippen molar-refractivity contribution >= 4 is 23.2 Å². The minimum Gasteiger partial charge on any atom is -0.323 e. The highest BCUT2D eigenvalue weighted by Gasteiger charge is 2.18. The highest BCUT2D eigenvalue weighted by molar-refractivity contribution is 6.32. The molecule has 1 N–H and O–H groups in total. The summed E-state index contributed by atoms with van der Waals surface area (Å²) in [6.45, 7) is 1.99. The van der Waals surface area contributed by atoms with Crippen LogP contribution in [0, 0.1) is 6.92 Å². The number of hydrogen-bond donors (Lipinski definition) is 1. The molecule has 0 bridgehead atoms. The first-order chi connectivity index (χ1) is 12.7. The number of nitrogens with one attached hydrogen (secondary N) is 1. The SMILES string of the molecule is Cc1cncc(Nc2ncc(Cl)c(-c3cnn(C4CCCCC4)c3)n2)c1. The highest BCUT2D eigenvalue weighted by Crippen LogP contribution is 2.31. The maximum absolute atomic E-state index is 6.35. The van der Waals surface area contributed by atoms with Crippen LogP contribution in [-0.2, 0) is 0 Å². The fourth-order valence-electron chi connectivity index (χ4n) is 3.39. The van der Waals surface area contributed by atoms with Crippen molar-refractivity contribution in [1.82, 2.24) is 24.7 Å². The van der Waals surface area contributed by atoms with Crippen molar-refractivity contribution in [2.45, 2.75) is 45.1 Å². The van der Waals surface area contributed by atoms with Gasteiger partial charge in [0.15, 0.2) is 0 Å². The van der Waals surface area contributed by atoms with Gasteiger partial charge in [-0.25, -0.2) is 9.97 Å².